The molecule has 1 aromatic heterocycles. The first kappa shape index (κ1) is 22.6. The summed E-state index contributed by atoms with van der Waals surface area (Å²) in [5, 5.41) is 3.40. The van der Waals surface area contributed by atoms with Gasteiger partial charge in [-0.3, -0.25) is 9.59 Å². The number of nitrogens with one attached hydrogen (secondary N) is 1. The molecule has 5 rings (SSSR count). The number of nitrogens with zero attached hydrogens (tertiary/aromatic N) is 4. The Morgan fingerprint density at radius 2 is 2.00 bits per heavy atom. The zero-order chi connectivity index (χ0) is 23.8. The van der Waals surface area contributed by atoms with E-state index in [4.69, 9.17) is 21.3 Å². The summed E-state index contributed by atoms with van der Waals surface area (Å²) in [7, 11) is 0. The maximum Gasteiger partial charge on any atom is 0.261 e. The number of aromatic nitrogens is 1. The molecule has 1 N–H and O–H groups in total. The van der Waals surface area contributed by atoms with Crippen LogP contribution in [0.15, 0.2) is 36.9 Å². The van der Waals surface area contributed by atoms with E-state index in [0.29, 0.717) is 38.5 Å². The van der Waals surface area contributed by atoms with E-state index >= 15 is 0 Å². The van der Waals surface area contributed by atoms with Crippen LogP contribution in [0, 0.1) is 5.82 Å². The molecule has 34 heavy (non-hydrogen) atoms. The van der Waals surface area contributed by atoms with Crippen LogP contribution in [0.2, 0.25) is 5.02 Å². The molecule has 2 fully saturated rings. The number of rotatable bonds is 3. The predicted molar refractivity (Wildman–Crippen MR) is 127 cm³/mol. The van der Waals surface area contributed by atoms with Crippen molar-refractivity contribution in [1.29, 1.82) is 0 Å². The van der Waals surface area contributed by atoms with Crippen LogP contribution in [0.25, 0.3) is 11.3 Å². The van der Waals surface area contributed by atoms with Crippen LogP contribution in [0.5, 0.6) is 5.75 Å². The summed E-state index contributed by atoms with van der Waals surface area (Å²) in [4.78, 5) is 36.2. The minimum absolute atomic E-state index is 0.103. The number of carbonyl (C=O) groups is 2. The van der Waals surface area contributed by atoms with Crippen molar-refractivity contribution in [1.82, 2.24) is 20.1 Å². The number of hydrogen-bond donors (Lipinski definition) is 1. The maximum absolute atomic E-state index is 14.7. The maximum atomic E-state index is 14.7. The molecule has 2 amide bonds. The van der Waals surface area contributed by atoms with Crippen LogP contribution in [0.3, 0.4) is 0 Å². The van der Waals surface area contributed by atoms with Crippen molar-refractivity contribution < 1.29 is 18.7 Å². The van der Waals surface area contributed by atoms with Crippen LogP contribution >= 0.6 is 11.6 Å². The second-order valence-corrected chi connectivity index (χ2v) is 8.85. The lowest BCUT2D eigenvalue weighted by atomic mass is 10.1. The second-order valence-electron chi connectivity index (χ2n) is 8.47. The molecule has 4 heterocycles. The van der Waals surface area contributed by atoms with E-state index in [-0.39, 0.29) is 52.1 Å². The van der Waals surface area contributed by atoms with Crippen molar-refractivity contribution in [3.05, 3.63) is 53.3 Å². The summed E-state index contributed by atoms with van der Waals surface area (Å²) in [5.74, 6) is -0.235. The topological polar surface area (TPSA) is 78.0 Å². The number of pyridine rings is 1. The third-order valence-electron chi connectivity index (χ3n) is 6.48. The molecule has 0 unspecified atom stereocenters. The Bertz CT molecular complexity index is 1150. The van der Waals surface area contributed by atoms with Gasteiger partial charge in [-0.15, -0.1) is 0 Å². The lowest BCUT2D eigenvalue weighted by molar-refractivity contribution is -0.128. The standard InChI is InChI=1S/C24H25ClFN5O3/c1-2-18(32)30-11-12-31-15(13-30)14-34-22-19(24(31)33)23(29-9-7-27-8-10-29)28-21(20(22)25)16-5-3-4-6-17(16)26/h2-6,15,27H,1,7-14H2/t15-/m1/s1. The quantitative estimate of drug-likeness (QED) is 0.671. The Balaban J connectivity index is 1.63. The number of piperazine rings is 2. The molecule has 2 saturated heterocycles. The number of benzene rings is 1. The minimum atomic E-state index is -0.459. The molecule has 1 atom stereocenters. The third kappa shape index (κ3) is 3.88. The normalized spacial score (nSPS) is 20.2. The van der Waals surface area contributed by atoms with E-state index in [1.54, 1.807) is 28.0 Å². The molecular weight excluding hydrogens is 461 g/mol. The first-order chi connectivity index (χ1) is 16.5. The van der Waals surface area contributed by atoms with Gasteiger partial charge >= 0.3 is 0 Å². The molecule has 0 radical (unpaired) electrons. The highest BCUT2D eigenvalue weighted by molar-refractivity contribution is 6.35. The minimum Gasteiger partial charge on any atom is -0.489 e. The van der Waals surface area contributed by atoms with Gasteiger partial charge in [0.15, 0.2) is 5.75 Å². The Labute approximate surface area is 201 Å². The van der Waals surface area contributed by atoms with Gasteiger partial charge < -0.3 is 24.8 Å². The number of halogens is 2. The van der Waals surface area contributed by atoms with Crippen molar-refractivity contribution in [3.8, 4) is 17.0 Å². The summed E-state index contributed by atoms with van der Waals surface area (Å²) in [6.45, 7) is 7.54. The summed E-state index contributed by atoms with van der Waals surface area (Å²) in [6, 6.07) is 5.92. The fraction of sp³-hybridized carbons (Fsp3) is 0.375. The van der Waals surface area contributed by atoms with E-state index in [9.17, 15) is 14.0 Å². The zero-order valence-corrected chi connectivity index (χ0v) is 19.4. The number of ether oxygens (including phenoxy) is 1. The first-order valence-corrected chi connectivity index (χ1v) is 11.7. The van der Waals surface area contributed by atoms with Crippen LogP contribution in [0.1, 0.15) is 10.4 Å². The van der Waals surface area contributed by atoms with E-state index in [1.807, 2.05) is 4.90 Å². The lowest BCUT2D eigenvalue weighted by Gasteiger charge is -2.39. The second kappa shape index (κ2) is 9.23. The Kier molecular flexibility index (Phi) is 6.14. The molecular formula is C24H25ClFN5O3. The van der Waals surface area contributed by atoms with Crippen LogP contribution < -0.4 is 15.0 Å². The van der Waals surface area contributed by atoms with Gasteiger partial charge in [-0.1, -0.05) is 30.3 Å². The van der Waals surface area contributed by atoms with Gasteiger partial charge in [-0.2, -0.15) is 0 Å². The van der Waals surface area contributed by atoms with Crippen LogP contribution in [-0.2, 0) is 4.79 Å². The number of carbonyl (C=O) groups excluding carboxylic acids is 2. The van der Waals surface area contributed by atoms with Gasteiger partial charge in [-0.05, 0) is 18.2 Å². The smallest absolute Gasteiger partial charge is 0.261 e. The molecule has 0 bridgehead atoms. The average molecular weight is 486 g/mol. The fourth-order valence-electron chi connectivity index (χ4n) is 4.71. The predicted octanol–water partition coefficient (Wildman–Crippen LogP) is 2.18. The van der Waals surface area contributed by atoms with Gasteiger partial charge in [0.25, 0.3) is 5.91 Å². The van der Waals surface area contributed by atoms with E-state index in [1.165, 1.54) is 12.1 Å². The van der Waals surface area contributed by atoms with E-state index in [0.717, 1.165) is 13.1 Å². The molecule has 178 valence electrons. The molecule has 0 aliphatic carbocycles. The molecule has 0 spiro atoms. The number of hydrogen-bond acceptors (Lipinski definition) is 6. The molecule has 2 aromatic rings. The third-order valence-corrected chi connectivity index (χ3v) is 6.84. The lowest BCUT2D eigenvalue weighted by Crippen LogP contribution is -2.57. The number of fused-ring (bicyclic) bond motifs is 2. The summed E-state index contributed by atoms with van der Waals surface area (Å²) in [6.07, 6.45) is 1.27. The Hall–Kier alpha value is -3.17. The van der Waals surface area contributed by atoms with E-state index < -0.39 is 5.82 Å². The SMILES string of the molecule is C=CC(=O)N1CCN2C(=O)c3c(N4CCNCC4)nc(-c4ccccc4F)c(Cl)c3OC[C@H]2C1. The highest BCUT2D eigenvalue weighted by Gasteiger charge is 2.40. The highest BCUT2D eigenvalue weighted by atomic mass is 35.5. The molecule has 10 heteroatoms. The summed E-state index contributed by atoms with van der Waals surface area (Å²) in [5.41, 5.74) is 0.772. The zero-order valence-electron chi connectivity index (χ0n) is 18.6. The van der Waals surface area contributed by atoms with Gasteiger partial charge in [0.05, 0.1) is 11.7 Å². The van der Waals surface area contributed by atoms with Crippen LogP contribution in [-0.4, -0.2) is 85.1 Å². The molecule has 3 aliphatic rings. The van der Waals surface area contributed by atoms with Crippen molar-refractivity contribution >= 4 is 29.2 Å². The Morgan fingerprint density at radius 3 is 2.74 bits per heavy atom. The highest BCUT2D eigenvalue weighted by Crippen LogP contribution is 2.44. The summed E-state index contributed by atoms with van der Waals surface area (Å²) >= 11 is 6.75. The van der Waals surface area contributed by atoms with Crippen molar-refractivity contribution in [2.24, 2.45) is 0 Å². The van der Waals surface area contributed by atoms with Gasteiger partial charge in [0, 0.05) is 51.4 Å². The molecule has 1 aromatic carbocycles. The average Bonchev–Trinajstić information content (AvgIpc) is 3.01. The first-order valence-electron chi connectivity index (χ1n) is 11.3. The van der Waals surface area contributed by atoms with Crippen molar-refractivity contribution in [2.75, 3.05) is 57.3 Å². The van der Waals surface area contributed by atoms with Gasteiger partial charge in [0.2, 0.25) is 5.91 Å². The van der Waals surface area contributed by atoms with Gasteiger partial charge in [0.1, 0.15) is 28.8 Å². The van der Waals surface area contributed by atoms with Gasteiger partial charge in [-0.25, -0.2) is 9.37 Å². The number of anilines is 1. The van der Waals surface area contributed by atoms with E-state index in [2.05, 4.69) is 11.9 Å². The monoisotopic (exact) mass is 485 g/mol. The Morgan fingerprint density at radius 1 is 1.24 bits per heavy atom. The van der Waals surface area contributed by atoms with Crippen molar-refractivity contribution in [3.63, 3.8) is 0 Å². The summed E-state index contributed by atoms with van der Waals surface area (Å²) < 4.78 is 20.9. The fourth-order valence-corrected chi connectivity index (χ4v) is 5.01. The largest absolute Gasteiger partial charge is 0.489 e. The number of amides is 2. The molecule has 3 aliphatic heterocycles. The molecule has 0 saturated carbocycles. The van der Waals surface area contributed by atoms with Crippen LogP contribution in [0.4, 0.5) is 10.2 Å². The molecule has 8 nitrogen and oxygen atoms in total. The van der Waals surface area contributed by atoms with Crippen molar-refractivity contribution in [2.45, 2.75) is 6.04 Å².